The van der Waals surface area contributed by atoms with Crippen LogP contribution in [-0.2, 0) is 4.79 Å². The molecule has 0 atom stereocenters. The standard InChI is InChI=1S/C13H19ClN4O2/c1-4-15-12-10(14)5-9(6-16-12)13(20)17-7-11(19)18-8(2)3/h5-6,8H,4,7H2,1-3H3,(H,15,16)(H,17,20)(H,18,19). The Morgan fingerprint density at radius 3 is 2.65 bits per heavy atom. The maximum Gasteiger partial charge on any atom is 0.253 e. The summed E-state index contributed by atoms with van der Waals surface area (Å²) >= 11 is 6.00. The molecule has 0 saturated heterocycles. The van der Waals surface area contributed by atoms with Crippen LogP contribution in [0.5, 0.6) is 0 Å². The van der Waals surface area contributed by atoms with Crippen LogP contribution in [0.15, 0.2) is 12.3 Å². The molecular weight excluding hydrogens is 280 g/mol. The molecule has 0 spiro atoms. The Kier molecular flexibility index (Phi) is 6.24. The van der Waals surface area contributed by atoms with Gasteiger partial charge in [-0.25, -0.2) is 4.98 Å². The number of halogens is 1. The van der Waals surface area contributed by atoms with Crippen molar-refractivity contribution in [1.82, 2.24) is 15.6 Å². The van der Waals surface area contributed by atoms with E-state index in [2.05, 4.69) is 20.9 Å². The van der Waals surface area contributed by atoms with Crippen LogP contribution >= 0.6 is 11.6 Å². The Hall–Kier alpha value is -1.82. The second-order valence-corrected chi connectivity index (χ2v) is 4.90. The third-order valence-corrected chi connectivity index (χ3v) is 2.59. The smallest absolute Gasteiger partial charge is 0.253 e. The number of nitrogens with one attached hydrogen (secondary N) is 3. The maximum absolute atomic E-state index is 11.8. The summed E-state index contributed by atoms with van der Waals surface area (Å²) in [6, 6.07) is 1.55. The van der Waals surface area contributed by atoms with Gasteiger partial charge >= 0.3 is 0 Å². The molecule has 3 N–H and O–H groups in total. The molecule has 1 heterocycles. The third kappa shape index (κ3) is 5.05. The molecule has 0 saturated carbocycles. The summed E-state index contributed by atoms with van der Waals surface area (Å²) in [6.45, 7) is 6.23. The van der Waals surface area contributed by atoms with Crippen molar-refractivity contribution >= 4 is 29.2 Å². The highest BCUT2D eigenvalue weighted by atomic mass is 35.5. The molecule has 7 heteroatoms. The normalized spacial score (nSPS) is 10.2. The summed E-state index contributed by atoms with van der Waals surface area (Å²) in [5.74, 6) is -0.0960. The van der Waals surface area contributed by atoms with Gasteiger partial charge in [-0.2, -0.15) is 0 Å². The van der Waals surface area contributed by atoms with Crippen LogP contribution in [0.25, 0.3) is 0 Å². The van der Waals surface area contributed by atoms with Crippen LogP contribution in [0.2, 0.25) is 5.02 Å². The van der Waals surface area contributed by atoms with Gasteiger partial charge in [-0.1, -0.05) is 11.6 Å². The molecule has 0 aliphatic heterocycles. The van der Waals surface area contributed by atoms with E-state index in [-0.39, 0.29) is 24.4 Å². The monoisotopic (exact) mass is 298 g/mol. The lowest BCUT2D eigenvalue weighted by Gasteiger charge is -2.10. The fourth-order valence-corrected chi connectivity index (χ4v) is 1.73. The van der Waals surface area contributed by atoms with Gasteiger partial charge in [0.1, 0.15) is 5.82 Å². The predicted molar refractivity (Wildman–Crippen MR) is 79.0 cm³/mol. The van der Waals surface area contributed by atoms with Crippen molar-refractivity contribution in [2.45, 2.75) is 26.8 Å². The molecule has 0 aliphatic rings. The van der Waals surface area contributed by atoms with Gasteiger partial charge in [0, 0.05) is 18.8 Å². The first-order chi connectivity index (χ1) is 9.43. The number of hydrogen-bond donors (Lipinski definition) is 3. The summed E-state index contributed by atoms with van der Waals surface area (Å²) < 4.78 is 0. The maximum atomic E-state index is 11.8. The van der Waals surface area contributed by atoms with Crippen molar-refractivity contribution in [3.63, 3.8) is 0 Å². The van der Waals surface area contributed by atoms with Crippen LogP contribution in [0, 0.1) is 0 Å². The number of aromatic nitrogens is 1. The van der Waals surface area contributed by atoms with Crippen molar-refractivity contribution in [3.8, 4) is 0 Å². The number of carbonyl (C=O) groups excluding carboxylic acids is 2. The van der Waals surface area contributed by atoms with Crippen LogP contribution in [0.4, 0.5) is 5.82 Å². The van der Waals surface area contributed by atoms with Crippen LogP contribution in [-0.4, -0.2) is 35.9 Å². The average molecular weight is 299 g/mol. The van der Waals surface area contributed by atoms with E-state index in [1.54, 1.807) is 0 Å². The van der Waals surface area contributed by atoms with Gasteiger partial charge in [0.15, 0.2) is 0 Å². The fourth-order valence-electron chi connectivity index (χ4n) is 1.50. The second-order valence-electron chi connectivity index (χ2n) is 4.49. The summed E-state index contributed by atoms with van der Waals surface area (Å²) in [5.41, 5.74) is 0.314. The molecular formula is C13H19ClN4O2. The Morgan fingerprint density at radius 2 is 2.10 bits per heavy atom. The number of carbonyl (C=O) groups is 2. The van der Waals surface area contributed by atoms with Crippen LogP contribution in [0.3, 0.4) is 0 Å². The number of pyridine rings is 1. The van der Waals surface area contributed by atoms with E-state index in [9.17, 15) is 9.59 Å². The van der Waals surface area contributed by atoms with Crippen molar-refractivity contribution in [2.24, 2.45) is 0 Å². The first-order valence-corrected chi connectivity index (χ1v) is 6.78. The highest BCUT2D eigenvalue weighted by Gasteiger charge is 2.11. The molecule has 6 nitrogen and oxygen atoms in total. The lowest BCUT2D eigenvalue weighted by atomic mass is 10.2. The second kappa shape index (κ2) is 7.69. The zero-order valence-corrected chi connectivity index (χ0v) is 12.5. The Balaban J connectivity index is 2.60. The average Bonchev–Trinajstić information content (AvgIpc) is 2.37. The largest absolute Gasteiger partial charge is 0.369 e. The molecule has 1 aromatic rings. The minimum Gasteiger partial charge on any atom is -0.369 e. The molecule has 20 heavy (non-hydrogen) atoms. The van der Waals surface area contributed by atoms with E-state index in [1.807, 2.05) is 20.8 Å². The van der Waals surface area contributed by atoms with E-state index in [4.69, 9.17) is 11.6 Å². The summed E-state index contributed by atoms with van der Waals surface area (Å²) in [4.78, 5) is 27.3. The minimum absolute atomic E-state index is 0.0370. The fraction of sp³-hybridized carbons (Fsp3) is 0.462. The number of rotatable bonds is 6. The highest BCUT2D eigenvalue weighted by molar-refractivity contribution is 6.33. The van der Waals surface area contributed by atoms with E-state index < -0.39 is 0 Å². The van der Waals surface area contributed by atoms with Gasteiger partial charge in [-0.05, 0) is 26.8 Å². The number of hydrogen-bond acceptors (Lipinski definition) is 4. The number of nitrogens with zero attached hydrogens (tertiary/aromatic N) is 1. The van der Waals surface area contributed by atoms with Crippen molar-refractivity contribution < 1.29 is 9.59 Å². The minimum atomic E-state index is -0.388. The van der Waals surface area contributed by atoms with Gasteiger partial charge in [-0.15, -0.1) is 0 Å². The van der Waals surface area contributed by atoms with E-state index in [0.717, 1.165) is 0 Å². The molecule has 1 aromatic heterocycles. The quantitative estimate of drug-likeness (QED) is 0.742. The zero-order chi connectivity index (χ0) is 15.1. The lowest BCUT2D eigenvalue weighted by molar-refractivity contribution is -0.120. The molecule has 0 aromatic carbocycles. The number of anilines is 1. The summed E-state index contributed by atoms with van der Waals surface area (Å²) in [5, 5.41) is 8.54. The van der Waals surface area contributed by atoms with E-state index >= 15 is 0 Å². The molecule has 0 radical (unpaired) electrons. The van der Waals surface area contributed by atoms with Crippen molar-refractivity contribution in [3.05, 3.63) is 22.8 Å². The Morgan fingerprint density at radius 1 is 1.40 bits per heavy atom. The van der Waals surface area contributed by atoms with Gasteiger partial charge in [0.2, 0.25) is 5.91 Å². The molecule has 110 valence electrons. The third-order valence-electron chi connectivity index (χ3n) is 2.31. The van der Waals surface area contributed by atoms with Gasteiger partial charge in [-0.3, -0.25) is 9.59 Å². The SMILES string of the molecule is CCNc1ncc(C(=O)NCC(=O)NC(C)C)cc1Cl. The molecule has 1 rings (SSSR count). The molecule has 0 fully saturated rings. The zero-order valence-electron chi connectivity index (χ0n) is 11.8. The Bertz CT molecular complexity index is 491. The lowest BCUT2D eigenvalue weighted by Crippen LogP contribution is -2.39. The van der Waals surface area contributed by atoms with Crippen molar-refractivity contribution in [2.75, 3.05) is 18.4 Å². The van der Waals surface area contributed by atoms with Crippen LogP contribution in [0.1, 0.15) is 31.1 Å². The number of amides is 2. The highest BCUT2D eigenvalue weighted by Crippen LogP contribution is 2.19. The predicted octanol–water partition coefficient (Wildman–Crippen LogP) is 1.42. The topological polar surface area (TPSA) is 83.1 Å². The molecule has 2 amide bonds. The van der Waals surface area contributed by atoms with Gasteiger partial charge < -0.3 is 16.0 Å². The first-order valence-electron chi connectivity index (χ1n) is 6.41. The summed E-state index contributed by atoms with van der Waals surface area (Å²) in [6.07, 6.45) is 1.42. The van der Waals surface area contributed by atoms with Crippen molar-refractivity contribution in [1.29, 1.82) is 0 Å². The molecule has 0 unspecified atom stereocenters. The first kappa shape index (κ1) is 16.2. The summed E-state index contributed by atoms with van der Waals surface area (Å²) in [7, 11) is 0. The molecule has 0 aliphatic carbocycles. The van der Waals surface area contributed by atoms with E-state index in [0.29, 0.717) is 22.9 Å². The van der Waals surface area contributed by atoms with Crippen LogP contribution < -0.4 is 16.0 Å². The Labute approximate surface area is 123 Å². The van der Waals surface area contributed by atoms with Gasteiger partial charge in [0.25, 0.3) is 5.91 Å². The van der Waals surface area contributed by atoms with E-state index in [1.165, 1.54) is 12.3 Å². The van der Waals surface area contributed by atoms with Gasteiger partial charge in [0.05, 0.1) is 17.1 Å². The molecule has 0 bridgehead atoms.